The molecule has 4 aliphatic rings. The van der Waals surface area contributed by atoms with E-state index >= 15 is 0 Å². The van der Waals surface area contributed by atoms with Crippen LogP contribution in [0, 0.1) is 25.7 Å². The van der Waals surface area contributed by atoms with Gasteiger partial charge in [0.25, 0.3) is 11.8 Å². The Morgan fingerprint density at radius 1 is 0.558 bits per heavy atom. The minimum absolute atomic E-state index is 0. The third-order valence-electron chi connectivity index (χ3n) is 17.0. The van der Waals surface area contributed by atoms with Gasteiger partial charge in [0.1, 0.15) is 13.2 Å². The van der Waals surface area contributed by atoms with Crippen molar-refractivity contribution in [3.63, 3.8) is 0 Å². The summed E-state index contributed by atoms with van der Waals surface area (Å²) >= 11 is 0. The molecule has 2 aromatic heterocycles. The molecule has 4 fully saturated rings. The predicted molar refractivity (Wildman–Crippen MR) is 325 cm³/mol. The number of aryl methyl sites for hydroxylation is 2. The van der Waals surface area contributed by atoms with Gasteiger partial charge < -0.3 is 44.1 Å². The van der Waals surface area contributed by atoms with E-state index in [4.69, 9.17) is 29.3 Å². The number of carboxylic acid groups (broad SMARTS) is 1. The normalized spacial score (nSPS) is 19.6. The molecule has 460 valence electrons. The molecule has 0 bridgehead atoms. The number of amides is 2. The molecule has 2 aliphatic carbocycles. The minimum Gasteiger partial charge on any atom is -0.870 e. The number of hydrogen-bond acceptors (Lipinski definition) is 16. The minimum atomic E-state index is -0.938. The van der Waals surface area contributed by atoms with E-state index in [2.05, 4.69) is 75.8 Å². The second kappa shape index (κ2) is 33.6. The van der Waals surface area contributed by atoms with Gasteiger partial charge in [-0.3, -0.25) is 39.8 Å². The number of rotatable bonds is 23. The SMILES string of the molecule is CCOC(=O)COCCN1CCN(Cc2ccc3c(c2)nc(NC(=O)c2cccc(C)c2)n3C2CCC(CO)CC2)CC1.Cc1cccc(C(=O)Nc2nc3cc(CN4CCN(CCOCC(=O)O)CC4)ccc3n2C2CCC(CO)CC2)c1.[Na+].[OH-]. The summed E-state index contributed by atoms with van der Waals surface area (Å²) in [7, 11) is 0. The molecule has 2 aliphatic heterocycles. The Balaban J connectivity index is 0.000000241. The fourth-order valence-electron chi connectivity index (χ4n) is 12.3. The maximum Gasteiger partial charge on any atom is 1.00 e. The van der Waals surface area contributed by atoms with Crippen LogP contribution in [0.1, 0.15) is 113 Å². The van der Waals surface area contributed by atoms with Gasteiger partial charge in [-0.05, 0) is 144 Å². The van der Waals surface area contributed by atoms with Gasteiger partial charge in [0.2, 0.25) is 11.9 Å². The standard InChI is InChI=1S/C33H45N5O5.C31H41N5O5.Na.H2O/c1-3-43-31(40)23-42-18-17-36-13-15-37(16-14-36)21-26-9-12-30-29(20-26)34-33(35-32(41)27-6-4-5-24(2)19-27)38(30)28-10-7-25(22-39)8-11-28;1-22-3-2-4-25(17-22)30(40)33-31-32-27-18-24(7-10-28(27)36(31)26-8-5-23(20-37)6-9-26)19-35-13-11-34(12-14-35)15-16-41-21-29(38)39;;/h4-6,9,12,19-20,25,28,39H,3,7-8,10-11,13-18,21-23H2,1-2H3,(H,34,35,41);2-4,7,10,17-18,23,26,37H,5-6,8-9,11-16,19-21H2,1H3,(H,38,39)(H,32,33,40);;1H2/q;;+1;/p-1. The third-order valence-corrected chi connectivity index (χ3v) is 17.0. The number of carboxylic acids is 1. The van der Waals surface area contributed by atoms with Crippen molar-refractivity contribution in [2.24, 2.45) is 11.8 Å². The zero-order valence-corrected chi connectivity index (χ0v) is 52.7. The summed E-state index contributed by atoms with van der Waals surface area (Å²) < 4.78 is 20.0. The van der Waals surface area contributed by atoms with Crippen LogP contribution in [0.15, 0.2) is 84.9 Å². The third kappa shape index (κ3) is 18.9. The molecule has 2 amide bonds. The Hall–Kier alpha value is -5.66. The van der Waals surface area contributed by atoms with Gasteiger partial charge in [-0.15, -0.1) is 0 Å². The Labute approximate surface area is 526 Å². The Bertz CT molecular complexity index is 3140. The van der Waals surface area contributed by atoms with Crippen molar-refractivity contribution in [1.29, 1.82) is 0 Å². The average Bonchev–Trinajstić information content (AvgIpc) is 1.89. The van der Waals surface area contributed by atoms with Crippen molar-refractivity contribution in [2.45, 2.75) is 97.3 Å². The molecule has 21 nitrogen and oxygen atoms in total. The fraction of sp³-hybridized carbons (Fsp3) is 0.531. The van der Waals surface area contributed by atoms with Crippen LogP contribution in [0.2, 0.25) is 0 Å². The van der Waals surface area contributed by atoms with E-state index in [9.17, 15) is 29.4 Å². The number of hydrogen-bond donors (Lipinski definition) is 5. The molecule has 10 rings (SSSR count). The number of ether oxygens (including phenoxy) is 3. The molecule has 6 N–H and O–H groups in total. The maximum atomic E-state index is 13.2. The number of nitrogens with one attached hydrogen (secondary N) is 2. The fourth-order valence-corrected chi connectivity index (χ4v) is 12.3. The number of anilines is 2. The summed E-state index contributed by atoms with van der Waals surface area (Å²) in [5, 5.41) is 34.2. The topological polar surface area (TPSA) is 259 Å². The molecular weight excluding hydrogens is 1110 g/mol. The van der Waals surface area contributed by atoms with Crippen molar-refractivity contribution in [1.82, 2.24) is 38.7 Å². The molecule has 2 saturated carbocycles. The van der Waals surface area contributed by atoms with Crippen LogP contribution >= 0.6 is 0 Å². The van der Waals surface area contributed by atoms with Crippen LogP contribution in [0.4, 0.5) is 11.9 Å². The molecule has 6 aromatic rings. The van der Waals surface area contributed by atoms with Crippen LogP contribution in [0.3, 0.4) is 0 Å². The summed E-state index contributed by atoms with van der Waals surface area (Å²) in [5.41, 5.74) is 9.50. The van der Waals surface area contributed by atoms with Gasteiger partial charge >= 0.3 is 41.5 Å². The van der Waals surface area contributed by atoms with Crippen LogP contribution in [-0.2, 0) is 36.9 Å². The van der Waals surface area contributed by atoms with Crippen molar-refractivity contribution in [2.75, 3.05) is 122 Å². The van der Waals surface area contributed by atoms with Crippen molar-refractivity contribution >= 4 is 57.7 Å². The largest absolute Gasteiger partial charge is 1.00 e. The molecule has 4 heterocycles. The molecule has 0 unspecified atom stereocenters. The second-order valence-corrected chi connectivity index (χ2v) is 23.2. The Morgan fingerprint density at radius 3 is 1.35 bits per heavy atom. The Kier molecular flexibility index (Phi) is 26.5. The van der Waals surface area contributed by atoms with Gasteiger partial charge in [-0.2, -0.15) is 0 Å². The zero-order valence-electron chi connectivity index (χ0n) is 50.7. The Morgan fingerprint density at radius 2 is 0.965 bits per heavy atom. The predicted octanol–water partition coefficient (Wildman–Crippen LogP) is 4.38. The van der Waals surface area contributed by atoms with Crippen molar-refractivity contribution in [3.05, 3.63) is 118 Å². The summed E-state index contributed by atoms with van der Waals surface area (Å²) in [6, 6.07) is 28.5. The molecule has 22 heteroatoms. The first-order valence-electron chi connectivity index (χ1n) is 30.2. The van der Waals surface area contributed by atoms with E-state index in [0.29, 0.717) is 54.7 Å². The number of piperazine rings is 2. The van der Waals surface area contributed by atoms with Gasteiger partial charge in [-0.25, -0.2) is 19.6 Å². The molecule has 0 atom stereocenters. The molecular formula is C64H87N10NaO11. The van der Waals surface area contributed by atoms with E-state index in [1.807, 2.05) is 62.4 Å². The monoisotopic (exact) mass is 1190 g/mol. The van der Waals surface area contributed by atoms with Crippen LogP contribution in [0.25, 0.3) is 22.1 Å². The molecule has 0 radical (unpaired) electrons. The van der Waals surface area contributed by atoms with Gasteiger partial charge in [0, 0.05) is 115 Å². The first kappa shape index (κ1) is 67.8. The van der Waals surface area contributed by atoms with Crippen LogP contribution in [-0.4, -0.2) is 195 Å². The summed E-state index contributed by atoms with van der Waals surface area (Å²) in [4.78, 5) is 67.9. The van der Waals surface area contributed by atoms with E-state index in [1.165, 1.54) is 11.1 Å². The smallest absolute Gasteiger partial charge is 0.870 e. The molecule has 4 aromatic carbocycles. The maximum absolute atomic E-state index is 13.2. The molecule has 86 heavy (non-hydrogen) atoms. The van der Waals surface area contributed by atoms with Crippen LogP contribution < -0.4 is 40.2 Å². The number of imidazole rings is 2. The molecule has 2 saturated heterocycles. The van der Waals surface area contributed by atoms with E-state index in [-0.39, 0.29) is 91.3 Å². The van der Waals surface area contributed by atoms with Gasteiger partial charge in [0.15, 0.2) is 0 Å². The second-order valence-electron chi connectivity index (χ2n) is 23.2. The van der Waals surface area contributed by atoms with Crippen LogP contribution in [0.5, 0.6) is 0 Å². The number of nitrogens with zero attached hydrogens (tertiary/aromatic N) is 8. The number of aliphatic hydroxyl groups is 2. The number of aliphatic carboxylic acids is 1. The van der Waals surface area contributed by atoms with Gasteiger partial charge in [-0.1, -0.05) is 47.5 Å². The first-order valence-corrected chi connectivity index (χ1v) is 30.2. The quantitative estimate of drug-likeness (QED) is 0.0339. The van der Waals surface area contributed by atoms with E-state index < -0.39 is 5.97 Å². The zero-order chi connectivity index (χ0) is 59.0. The first-order chi connectivity index (χ1) is 40.8. The summed E-state index contributed by atoms with van der Waals surface area (Å²) in [5.74, 6) is 0.279. The summed E-state index contributed by atoms with van der Waals surface area (Å²) in [6.07, 6.45) is 7.63. The number of carbonyl (C=O) groups excluding carboxylic acids is 3. The number of aromatic nitrogens is 4. The number of benzene rings is 4. The number of esters is 1. The van der Waals surface area contributed by atoms with E-state index in [0.717, 1.165) is 163 Å². The molecule has 0 spiro atoms. The number of carbonyl (C=O) groups is 4. The van der Waals surface area contributed by atoms with Crippen molar-refractivity contribution < 1.29 is 83.7 Å². The van der Waals surface area contributed by atoms with E-state index in [1.54, 1.807) is 6.92 Å². The number of aliphatic hydroxyl groups excluding tert-OH is 2. The van der Waals surface area contributed by atoms with Gasteiger partial charge in [0.05, 0.1) is 41.9 Å². The van der Waals surface area contributed by atoms with Crippen molar-refractivity contribution in [3.8, 4) is 0 Å². The number of fused-ring (bicyclic) bond motifs is 2. The summed E-state index contributed by atoms with van der Waals surface area (Å²) in [6.45, 7) is 18.0. The average molecular weight is 1200 g/mol.